The molecule has 0 saturated heterocycles. The lowest BCUT2D eigenvalue weighted by atomic mass is 10.1. The Kier molecular flexibility index (Phi) is 6.58. The Hall–Kier alpha value is -2.15. The Labute approximate surface area is 158 Å². The number of rotatable bonds is 7. The van der Waals surface area contributed by atoms with Gasteiger partial charge in [-0.25, -0.2) is 8.42 Å². The SMILES string of the molecule is CCN(CC)S(=O)(=O)c1ccc(C(=O)C=Cc2ccc(O)c(Cl)c2)cc1. The summed E-state index contributed by atoms with van der Waals surface area (Å²) in [5, 5.41) is 9.59. The van der Waals surface area contributed by atoms with E-state index in [1.165, 1.54) is 40.7 Å². The van der Waals surface area contributed by atoms with E-state index in [9.17, 15) is 18.3 Å². The van der Waals surface area contributed by atoms with Crippen LogP contribution in [0.3, 0.4) is 0 Å². The van der Waals surface area contributed by atoms with Gasteiger partial charge >= 0.3 is 0 Å². The van der Waals surface area contributed by atoms with Crippen LogP contribution in [0.4, 0.5) is 0 Å². The predicted molar refractivity (Wildman–Crippen MR) is 103 cm³/mol. The number of nitrogens with zero attached hydrogens (tertiary/aromatic N) is 1. The number of hydrogen-bond donors (Lipinski definition) is 1. The number of phenols is 1. The van der Waals surface area contributed by atoms with Crippen LogP contribution in [0.2, 0.25) is 5.02 Å². The zero-order valence-corrected chi connectivity index (χ0v) is 16.1. The monoisotopic (exact) mass is 393 g/mol. The van der Waals surface area contributed by atoms with Crippen LogP contribution >= 0.6 is 11.6 Å². The molecule has 1 N–H and O–H groups in total. The summed E-state index contributed by atoms with van der Waals surface area (Å²) < 4.78 is 26.2. The third-order valence-corrected chi connectivity index (χ3v) is 6.25. The normalized spacial score (nSPS) is 12.0. The highest BCUT2D eigenvalue weighted by atomic mass is 35.5. The molecule has 0 aliphatic rings. The zero-order chi connectivity index (χ0) is 19.3. The van der Waals surface area contributed by atoms with Gasteiger partial charge in [0, 0.05) is 18.7 Å². The Morgan fingerprint density at radius 2 is 1.73 bits per heavy atom. The maximum absolute atomic E-state index is 12.4. The van der Waals surface area contributed by atoms with E-state index in [1.54, 1.807) is 32.1 Å². The van der Waals surface area contributed by atoms with Gasteiger partial charge in [0.05, 0.1) is 9.92 Å². The minimum Gasteiger partial charge on any atom is -0.506 e. The number of carbonyl (C=O) groups excluding carboxylic acids is 1. The molecule has 0 aliphatic carbocycles. The second kappa shape index (κ2) is 8.49. The third kappa shape index (κ3) is 4.52. The number of phenolic OH excluding ortho intramolecular Hbond substituents is 1. The van der Waals surface area contributed by atoms with Crippen molar-refractivity contribution in [2.24, 2.45) is 0 Å². The minimum absolute atomic E-state index is 0.0276. The molecule has 0 radical (unpaired) electrons. The summed E-state index contributed by atoms with van der Waals surface area (Å²) in [6.07, 6.45) is 2.95. The number of aromatic hydroxyl groups is 1. The Balaban J connectivity index is 2.18. The van der Waals surface area contributed by atoms with E-state index in [-0.39, 0.29) is 21.5 Å². The smallest absolute Gasteiger partial charge is 0.243 e. The summed E-state index contributed by atoms with van der Waals surface area (Å²) in [5.74, 6) is -0.291. The van der Waals surface area contributed by atoms with E-state index in [4.69, 9.17) is 11.6 Å². The molecular weight excluding hydrogens is 374 g/mol. The predicted octanol–water partition coefficient (Wildman–Crippen LogP) is 3.97. The molecule has 0 unspecified atom stereocenters. The molecule has 2 aromatic rings. The van der Waals surface area contributed by atoms with Crippen LogP contribution < -0.4 is 0 Å². The van der Waals surface area contributed by atoms with E-state index in [0.29, 0.717) is 24.2 Å². The Morgan fingerprint density at radius 1 is 1.12 bits per heavy atom. The van der Waals surface area contributed by atoms with Gasteiger partial charge in [0.2, 0.25) is 10.0 Å². The van der Waals surface area contributed by atoms with Crippen molar-refractivity contribution in [3.63, 3.8) is 0 Å². The average molecular weight is 394 g/mol. The molecule has 0 aliphatic heterocycles. The molecule has 0 saturated carbocycles. The summed E-state index contributed by atoms with van der Waals surface area (Å²) in [6, 6.07) is 10.5. The first-order valence-corrected chi connectivity index (χ1v) is 9.92. The van der Waals surface area contributed by atoms with E-state index in [0.717, 1.165) is 0 Å². The van der Waals surface area contributed by atoms with Crippen LogP contribution in [0.5, 0.6) is 5.75 Å². The fourth-order valence-corrected chi connectivity index (χ4v) is 4.05. The van der Waals surface area contributed by atoms with Crippen LogP contribution in [0.15, 0.2) is 53.4 Å². The molecule has 0 atom stereocenters. The van der Waals surface area contributed by atoms with Gasteiger partial charge in [0.25, 0.3) is 0 Å². The van der Waals surface area contributed by atoms with Crippen LogP contribution in [-0.2, 0) is 10.0 Å². The average Bonchev–Trinajstić information content (AvgIpc) is 2.63. The van der Waals surface area contributed by atoms with E-state index >= 15 is 0 Å². The molecular formula is C19H20ClNO4S. The summed E-state index contributed by atoms with van der Waals surface area (Å²) in [6.45, 7) is 4.33. The first kappa shape index (κ1) is 20.2. The van der Waals surface area contributed by atoms with Crippen molar-refractivity contribution < 1.29 is 18.3 Å². The van der Waals surface area contributed by atoms with Crippen LogP contribution in [0.25, 0.3) is 6.08 Å². The molecule has 0 aromatic heterocycles. The van der Waals surface area contributed by atoms with Crippen LogP contribution in [0.1, 0.15) is 29.8 Å². The number of ketones is 1. The topological polar surface area (TPSA) is 74.7 Å². The van der Waals surface area contributed by atoms with Gasteiger partial charge in [-0.15, -0.1) is 0 Å². The first-order chi connectivity index (χ1) is 12.3. The molecule has 26 heavy (non-hydrogen) atoms. The molecule has 0 fully saturated rings. The molecule has 0 spiro atoms. The summed E-state index contributed by atoms with van der Waals surface area (Å²) >= 11 is 5.83. The second-order valence-electron chi connectivity index (χ2n) is 5.52. The molecule has 5 nitrogen and oxygen atoms in total. The lowest BCUT2D eigenvalue weighted by Crippen LogP contribution is -2.30. The van der Waals surface area contributed by atoms with E-state index in [1.807, 2.05) is 0 Å². The van der Waals surface area contributed by atoms with Gasteiger partial charge in [-0.05, 0) is 48.0 Å². The Morgan fingerprint density at radius 3 is 2.27 bits per heavy atom. The number of benzene rings is 2. The molecule has 0 amide bonds. The number of allylic oxidation sites excluding steroid dienone is 1. The van der Waals surface area contributed by atoms with Crippen molar-refractivity contribution >= 4 is 33.5 Å². The van der Waals surface area contributed by atoms with E-state index < -0.39 is 10.0 Å². The number of carbonyl (C=O) groups is 1. The van der Waals surface area contributed by atoms with Gasteiger partial charge < -0.3 is 5.11 Å². The Bertz CT molecular complexity index is 917. The van der Waals surface area contributed by atoms with Crippen LogP contribution in [0, 0.1) is 0 Å². The highest BCUT2D eigenvalue weighted by molar-refractivity contribution is 7.89. The maximum atomic E-state index is 12.4. The van der Waals surface area contributed by atoms with Gasteiger partial charge in [-0.1, -0.05) is 37.6 Å². The van der Waals surface area contributed by atoms with Crippen molar-refractivity contribution in [3.05, 3.63) is 64.7 Å². The second-order valence-corrected chi connectivity index (χ2v) is 7.87. The minimum atomic E-state index is -3.54. The van der Waals surface area contributed by atoms with Crippen molar-refractivity contribution in [1.82, 2.24) is 4.31 Å². The highest BCUT2D eigenvalue weighted by Gasteiger charge is 2.21. The highest BCUT2D eigenvalue weighted by Crippen LogP contribution is 2.24. The maximum Gasteiger partial charge on any atom is 0.243 e. The molecule has 7 heteroatoms. The third-order valence-electron chi connectivity index (χ3n) is 3.88. The van der Waals surface area contributed by atoms with Gasteiger partial charge in [0.15, 0.2) is 5.78 Å². The summed E-state index contributed by atoms with van der Waals surface area (Å²) in [7, 11) is -3.54. The standard InChI is InChI=1S/C19H20ClNO4S/c1-3-21(4-2)26(24,25)16-9-7-15(8-10-16)18(22)11-5-14-6-12-19(23)17(20)13-14/h5-13,23H,3-4H2,1-2H3. The summed E-state index contributed by atoms with van der Waals surface area (Å²) in [4.78, 5) is 12.4. The lowest BCUT2D eigenvalue weighted by molar-refractivity contribution is 0.104. The van der Waals surface area contributed by atoms with E-state index in [2.05, 4.69) is 0 Å². The fourth-order valence-electron chi connectivity index (χ4n) is 2.40. The molecule has 2 rings (SSSR count). The van der Waals surface area contributed by atoms with Crippen molar-refractivity contribution in [3.8, 4) is 5.75 Å². The van der Waals surface area contributed by atoms with Crippen molar-refractivity contribution in [2.45, 2.75) is 18.7 Å². The summed E-state index contributed by atoms with van der Waals surface area (Å²) in [5.41, 5.74) is 1.05. The largest absolute Gasteiger partial charge is 0.506 e. The number of sulfonamides is 1. The van der Waals surface area contributed by atoms with Crippen molar-refractivity contribution in [1.29, 1.82) is 0 Å². The first-order valence-electron chi connectivity index (χ1n) is 8.10. The molecule has 0 bridgehead atoms. The molecule has 0 heterocycles. The van der Waals surface area contributed by atoms with Gasteiger partial charge in [-0.3, -0.25) is 4.79 Å². The quantitative estimate of drug-likeness (QED) is 0.570. The zero-order valence-electron chi connectivity index (χ0n) is 14.5. The van der Waals surface area contributed by atoms with Gasteiger partial charge in [-0.2, -0.15) is 4.31 Å². The van der Waals surface area contributed by atoms with Gasteiger partial charge in [0.1, 0.15) is 5.75 Å². The van der Waals surface area contributed by atoms with Crippen LogP contribution in [-0.4, -0.2) is 36.7 Å². The lowest BCUT2D eigenvalue weighted by Gasteiger charge is -2.18. The molecule has 2 aromatic carbocycles. The molecule has 138 valence electrons. The van der Waals surface area contributed by atoms with Crippen molar-refractivity contribution in [2.75, 3.05) is 13.1 Å². The fraction of sp³-hybridized carbons (Fsp3) is 0.211. The number of hydrogen-bond acceptors (Lipinski definition) is 4. The number of halogens is 1.